The Kier molecular flexibility index (Phi) is 6.97. The first-order valence-electron chi connectivity index (χ1n) is 9.71. The Morgan fingerprint density at radius 3 is 2.38 bits per heavy atom. The molecule has 162 valence electrons. The van der Waals surface area contributed by atoms with E-state index < -0.39 is 16.7 Å². The van der Waals surface area contributed by atoms with Gasteiger partial charge in [-0.05, 0) is 43.3 Å². The number of nitro benzene ring substituents is 1. The molecule has 8 heteroatoms. The van der Waals surface area contributed by atoms with E-state index in [4.69, 9.17) is 4.42 Å². The number of aryl methyl sites for hydroxylation is 1. The maximum absolute atomic E-state index is 12.6. The van der Waals surface area contributed by atoms with Crippen molar-refractivity contribution in [3.8, 4) is 11.3 Å². The van der Waals surface area contributed by atoms with Crippen LogP contribution in [0.1, 0.15) is 21.7 Å². The summed E-state index contributed by atoms with van der Waals surface area (Å²) < 4.78 is 5.76. The normalized spacial score (nSPS) is 11.0. The Morgan fingerprint density at radius 2 is 1.75 bits per heavy atom. The Labute approximate surface area is 184 Å². The third kappa shape index (κ3) is 5.57. The van der Waals surface area contributed by atoms with Crippen LogP contribution in [0.4, 0.5) is 5.69 Å². The molecule has 0 spiro atoms. The number of furan rings is 1. The van der Waals surface area contributed by atoms with Gasteiger partial charge in [-0.1, -0.05) is 23.8 Å². The highest BCUT2D eigenvalue weighted by Gasteiger charge is 2.15. The Hall–Kier alpha value is -4.46. The standard InChI is InChI=1S/C24H21N3O5/c1-3-14-25-24(29)21(26-23(28)18-6-4-16(2)5-7-18)15-20-12-13-22(32-20)17-8-10-19(11-9-17)27(30)31/h3-13,15H,1,14H2,2H3,(H,25,29)(H,26,28)/b21-15-. The van der Waals surface area contributed by atoms with Crippen LogP contribution in [-0.4, -0.2) is 23.3 Å². The summed E-state index contributed by atoms with van der Waals surface area (Å²) in [5, 5.41) is 16.1. The highest BCUT2D eigenvalue weighted by atomic mass is 16.6. The van der Waals surface area contributed by atoms with Crippen molar-refractivity contribution in [2.24, 2.45) is 0 Å². The maximum Gasteiger partial charge on any atom is 0.269 e. The minimum Gasteiger partial charge on any atom is -0.457 e. The quantitative estimate of drug-likeness (QED) is 0.240. The van der Waals surface area contributed by atoms with Crippen molar-refractivity contribution in [2.45, 2.75) is 6.92 Å². The molecule has 0 atom stereocenters. The van der Waals surface area contributed by atoms with Gasteiger partial charge in [-0.15, -0.1) is 6.58 Å². The number of hydrogen-bond acceptors (Lipinski definition) is 5. The molecule has 1 heterocycles. The molecule has 0 fully saturated rings. The molecule has 0 aliphatic rings. The van der Waals surface area contributed by atoms with E-state index in [0.29, 0.717) is 22.6 Å². The van der Waals surface area contributed by atoms with Crippen LogP contribution in [-0.2, 0) is 4.79 Å². The zero-order valence-electron chi connectivity index (χ0n) is 17.3. The van der Waals surface area contributed by atoms with Gasteiger partial charge in [0.25, 0.3) is 17.5 Å². The molecule has 0 saturated heterocycles. The average Bonchev–Trinajstić information content (AvgIpc) is 3.26. The van der Waals surface area contributed by atoms with Gasteiger partial charge in [-0.25, -0.2) is 0 Å². The Morgan fingerprint density at radius 1 is 1.06 bits per heavy atom. The second-order valence-electron chi connectivity index (χ2n) is 6.88. The lowest BCUT2D eigenvalue weighted by molar-refractivity contribution is -0.384. The van der Waals surface area contributed by atoms with Gasteiger partial charge in [-0.2, -0.15) is 0 Å². The summed E-state index contributed by atoms with van der Waals surface area (Å²) in [5.74, 6) is -0.154. The SMILES string of the molecule is C=CCNC(=O)/C(=C/c1ccc(-c2ccc([N+](=O)[O-])cc2)o1)NC(=O)c1ccc(C)cc1. The van der Waals surface area contributed by atoms with E-state index in [9.17, 15) is 19.7 Å². The molecular formula is C24H21N3O5. The van der Waals surface area contributed by atoms with Crippen LogP contribution in [0.25, 0.3) is 17.4 Å². The number of nitrogens with one attached hydrogen (secondary N) is 2. The molecule has 2 N–H and O–H groups in total. The van der Waals surface area contributed by atoms with Crippen molar-refractivity contribution in [1.82, 2.24) is 10.6 Å². The summed E-state index contributed by atoms with van der Waals surface area (Å²) in [6, 6.07) is 16.2. The third-order valence-corrected chi connectivity index (χ3v) is 4.49. The molecule has 32 heavy (non-hydrogen) atoms. The van der Waals surface area contributed by atoms with Crippen molar-refractivity contribution in [1.29, 1.82) is 0 Å². The number of benzene rings is 2. The molecule has 0 saturated carbocycles. The summed E-state index contributed by atoms with van der Waals surface area (Å²) in [7, 11) is 0. The zero-order chi connectivity index (χ0) is 23.1. The van der Waals surface area contributed by atoms with Crippen LogP contribution in [0.5, 0.6) is 0 Å². The zero-order valence-corrected chi connectivity index (χ0v) is 17.3. The van der Waals surface area contributed by atoms with E-state index >= 15 is 0 Å². The van der Waals surface area contributed by atoms with Gasteiger partial charge >= 0.3 is 0 Å². The van der Waals surface area contributed by atoms with Gasteiger partial charge < -0.3 is 15.1 Å². The van der Waals surface area contributed by atoms with E-state index in [1.807, 2.05) is 6.92 Å². The van der Waals surface area contributed by atoms with Gasteiger partial charge in [0.15, 0.2) is 0 Å². The summed E-state index contributed by atoms with van der Waals surface area (Å²) in [5.41, 5.74) is 2.03. The van der Waals surface area contributed by atoms with E-state index in [1.54, 1.807) is 48.5 Å². The lowest BCUT2D eigenvalue weighted by Crippen LogP contribution is -2.34. The monoisotopic (exact) mass is 431 g/mol. The predicted molar refractivity (Wildman–Crippen MR) is 121 cm³/mol. The minimum absolute atomic E-state index is 0.00187. The van der Waals surface area contributed by atoms with Gasteiger partial charge in [0, 0.05) is 35.9 Å². The van der Waals surface area contributed by atoms with Crippen molar-refractivity contribution in [2.75, 3.05) is 6.54 Å². The first-order chi connectivity index (χ1) is 15.4. The number of amides is 2. The average molecular weight is 431 g/mol. The molecule has 0 aliphatic carbocycles. The molecule has 3 aromatic rings. The summed E-state index contributed by atoms with van der Waals surface area (Å²) >= 11 is 0. The van der Waals surface area contributed by atoms with Gasteiger partial charge in [0.05, 0.1) is 4.92 Å². The molecule has 1 aromatic heterocycles. The predicted octanol–water partition coefficient (Wildman–Crippen LogP) is 4.24. The molecule has 3 rings (SSSR count). The number of carbonyl (C=O) groups is 2. The van der Waals surface area contributed by atoms with E-state index in [-0.39, 0.29) is 17.9 Å². The molecule has 2 amide bonds. The molecule has 2 aromatic carbocycles. The number of nitro groups is 1. The number of rotatable bonds is 8. The largest absolute Gasteiger partial charge is 0.457 e. The number of carbonyl (C=O) groups excluding carboxylic acids is 2. The van der Waals surface area contributed by atoms with Crippen LogP contribution in [0.15, 0.2) is 83.4 Å². The lowest BCUT2D eigenvalue weighted by Gasteiger charge is -2.10. The van der Waals surface area contributed by atoms with Crippen molar-refractivity contribution in [3.63, 3.8) is 0 Å². The first-order valence-corrected chi connectivity index (χ1v) is 9.71. The Balaban J connectivity index is 1.85. The fourth-order valence-electron chi connectivity index (χ4n) is 2.79. The van der Waals surface area contributed by atoms with Crippen molar-refractivity contribution < 1.29 is 18.9 Å². The number of hydrogen-bond donors (Lipinski definition) is 2. The van der Waals surface area contributed by atoms with E-state index in [1.165, 1.54) is 24.3 Å². The topological polar surface area (TPSA) is 114 Å². The van der Waals surface area contributed by atoms with Crippen LogP contribution < -0.4 is 10.6 Å². The van der Waals surface area contributed by atoms with Crippen LogP contribution >= 0.6 is 0 Å². The van der Waals surface area contributed by atoms with Crippen molar-refractivity contribution in [3.05, 3.63) is 106 Å². The third-order valence-electron chi connectivity index (χ3n) is 4.49. The molecule has 0 radical (unpaired) electrons. The first kappa shape index (κ1) is 22.2. The molecule has 0 aliphatic heterocycles. The lowest BCUT2D eigenvalue weighted by atomic mass is 10.1. The highest BCUT2D eigenvalue weighted by Crippen LogP contribution is 2.25. The second kappa shape index (κ2) is 10.0. The summed E-state index contributed by atoms with van der Waals surface area (Å²) in [6.07, 6.45) is 2.94. The van der Waals surface area contributed by atoms with Crippen LogP contribution in [0, 0.1) is 17.0 Å². The number of nitrogens with zero attached hydrogens (tertiary/aromatic N) is 1. The molecular weight excluding hydrogens is 410 g/mol. The summed E-state index contributed by atoms with van der Waals surface area (Å²) in [6.45, 7) is 5.70. The van der Waals surface area contributed by atoms with Gasteiger partial charge in [0.2, 0.25) is 0 Å². The fourth-order valence-corrected chi connectivity index (χ4v) is 2.79. The summed E-state index contributed by atoms with van der Waals surface area (Å²) in [4.78, 5) is 35.5. The van der Waals surface area contributed by atoms with Crippen molar-refractivity contribution >= 4 is 23.6 Å². The van der Waals surface area contributed by atoms with Crippen LogP contribution in [0.2, 0.25) is 0 Å². The molecule has 0 unspecified atom stereocenters. The smallest absolute Gasteiger partial charge is 0.269 e. The fraction of sp³-hybridized carbons (Fsp3) is 0.0833. The van der Waals surface area contributed by atoms with Gasteiger partial charge in [-0.3, -0.25) is 19.7 Å². The maximum atomic E-state index is 12.6. The second-order valence-corrected chi connectivity index (χ2v) is 6.88. The minimum atomic E-state index is -0.501. The van der Waals surface area contributed by atoms with Gasteiger partial charge in [0.1, 0.15) is 17.2 Å². The molecule has 8 nitrogen and oxygen atoms in total. The van der Waals surface area contributed by atoms with E-state index in [2.05, 4.69) is 17.2 Å². The van der Waals surface area contributed by atoms with E-state index in [0.717, 1.165) is 5.56 Å². The van der Waals surface area contributed by atoms with Crippen LogP contribution in [0.3, 0.4) is 0 Å². The highest BCUT2D eigenvalue weighted by molar-refractivity contribution is 6.05. The molecule has 0 bridgehead atoms. The number of non-ortho nitro benzene ring substituents is 1. The Bertz CT molecular complexity index is 1180.